The molecule has 0 heterocycles. The molecule has 0 atom stereocenters. The van der Waals surface area contributed by atoms with Crippen LogP contribution < -0.4 is 0 Å². The largest absolute Gasteiger partial charge is 2.00 e. The molecule has 0 N–H and O–H groups in total. The van der Waals surface area contributed by atoms with Crippen molar-refractivity contribution in [2.24, 2.45) is 0 Å². The number of rotatable bonds is 0. The first-order valence-electron chi connectivity index (χ1n) is 0.333. The molecule has 0 saturated heterocycles. The zero-order valence-corrected chi connectivity index (χ0v) is 7.52. The van der Waals surface area contributed by atoms with Crippen LogP contribution in [0.1, 0.15) is 5.71 Å². The van der Waals surface area contributed by atoms with Gasteiger partial charge in [-0.2, -0.15) is 0 Å². The molecule has 0 rings (SSSR count). The minimum Gasteiger partial charge on any atom is -1.00 e. The van der Waals surface area contributed by atoms with Crippen LogP contribution in [0.3, 0.4) is 0 Å². The van der Waals surface area contributed by atoms with E-state index in [-0.39, 0.29) is 68.8 Å². The summed E-state index contributed by atoms with van der Waals surface area (Å²) in [5.41, 5.74) is 0. The van der Waals surface area contributed by atoms with E-state index in [1.165, 1.54) is 0 Å². The summed E-state index contributed by atoms with van der Waals surface area (Å²) < 4.78 is 0. The van der Waals surface area contributed by atoms with Gasteiger partial charge in [0.15, 0.2) is 0 Å². The normalized spacial score (nSPS) is 0.400. The fourth-order valence-electron chi connectivity index (χ4n) is 0. The molecule has 0 unspecified atom stereocenters. The second kappa shape index (κ2) is 47.1. The Morgan fingerprint density at radius 2 is 1.00 bits per heavy atom. The van der Waals surface area contributed by atoms with Crippen molar-refractivity contribution in [1.82, 2.24) is 0 Å². The van der Waals surface area contributed by atoms with E-state index in [1.807, 2.05) is 0 Å². The summed E-state index contributed by atoms with van der Waals surface area (Å²) in [5.74, 6) is 0. The van der Waals surface area contributed by atoms with Crippen molar-refractivity contribution in [2.45, 2.75) is 0 Å². The zero-order chi connectivity index (χ0) is 2.00. The van der Waals surface area contributed by atoms with Gasteiger partial charge >= 0.3 is 46.1 Å². The molecule has 0 aromatic heterocycles. The van der Waals surface area contributed by atoms with Crippen molar-refractivity contribution < 1.29 is 5.71 Å². The third-order valence-corrected chi connectivity index (χ3v) is 0. The van der Waals surface area contributed by atoms with Gasteiger partial charge in [-0.05, 0) is 0 Å². The zero-order valence-electron chi connectivity index (χ0n) is 6.98. The number of halogens is 1. The van der Waals surface area contributed by atoms with Gasteiger partial charge in [0.25, 0.3) is 0 Å². The topological polar surface area (TPSA) is 0 Å². The molecule has 0 fully saturated rings. The first-order chi connectivity index (χ1) is 1.00. The molecule has 0 radical (unpaired) electrons. The number of terminal acetylenes is 1. The Morgan fingerprint density at radius 3 is 1.00 bits per heavy atom. The first-order valence-corrected chi connectivity index (χ1v) is 0.333. The van der Waals surface area contributed by atoms with Gasteiger partial charge in [0.05, 0.1) is 0 Å². The predicted octanol–water partition coefficient (Wildman–Crippen LogP) is 0.516. The number of hydrogen-bond acceptors (Lipinski definition) is 0. The van der Waals surface area contributed by atoms with Gasteiger partial charge < -0.3 is 5.71 Å². The summed E-state index contributed by atoms with van der Waals surface area (Å²) in [5, 5.41) is 0. The summed E-state index contributed by atoms with van der Waals surface area (Å²) in [6.45, 7) is 0. The second-order valence-corrected chi connectivity index (χ2v) is 0. The third-order valence-electron chi connectivity index (χ3n) is 0. The van der Waals surface area contributed by atoms with Crippen LogP contribution in [0.15, 0.2) is 0 Å². The van der Waals surface area contributed by atoms with Crippen LogP contribution in [0.25, 0.3) is 0 Å². The van der Waals surface area contributed by atoms with Crippen LogP contribution in [0.4, 0.5) is 0 Å². The molecule has 0 aliphatic carbocycles. The quantitative estimate of drug-likeness (QED) is 0.357. The second-order valence-electron chi connectivity index (χ2n) is 0. The smallest absolute Gasteiger partial charge is 1.00 e. The van der Waals surface area contributed by atoms with E-state index in [0.29, 0.717) is 0 Å². The van der Waals surface area contributed by atoms with Gasteiger partial charge in [-0.25, -0.2) is 0 Å². The maximum Gasteiger partial charge on any atom is 2.00 e. The molecule has 0 aromatic carbocycles. The Labute approximate surface area is 81.1 Å². The minimum atomic E-state index is 0. The molecule has 0 aromatic rings. The molecule has 5 heavy (non-hydrogen) atoms. The van der Waals surface area contributed by atoms with E-state index in [1.54, 1.807) is 0 Å². The van der Waals surface area contributed by atoms with Crippen LogP contribution in [0, 0.1) is 12.8 Å². The van der Waals surface area contributed by atoms with Gasteiger partial charge in [-0.15, -0.1) is 29.8 Å². The van der Waals surface area contributed by atoms with Gasteiger partial charge in [0.2, 0.25) is 0 Å². The monoisotopic (exact) mass is 158 g/mol. The van der Waals surface area contributed by atoms with E-state index in [2.05, 4.69) is 12.8 Å². The van der Waals surface area contributed by atoms with Crippen molar-refractivity contribution in [3.63, 3.8) is 0 Å². The fraction of sp³-hybridized carbons (Fsp3) is 0. The molecule has 0 amide bonds. The minimum absolute atomic E-state index is 0. The molecule has 26 valence electrons. The van der Waals surface area contributed by atoms with Crippen LogP contribution in [0.2, 0.25) is 0 Å². The summed E-state index contributed by atoms with van der Waals surface area (Å²) in [6.07, 6.45) is 8.00. The summed E-state index contributed by atoms with van der Waals surface area (Å²) >= 11 is 0. The van der Waals surface area contributed by atoms with Crippen LogP contribution in [0.5, 0.6) is 0 Å². The van der Waals surface area contributed by atoms with Crippen molar-refractivity contribution in [2.75, 3.05) is 0 Å². The molecular formula is C2H7BrMg2. The van der Waals surface area contributed by atoms with E-state index in [0.717, 1.165) is 0 Å². The first kappa shape index (κ1) is 30.8. The molecular weight excluding hydrogens is 153 g/mol. The Hall–Kier alpha value is 1.57. The van der Waals surface area contributed by atoms with Crippen molar-refractivity contribution >= 4 is 63.1 Å². The standard InChI is InChI=1S/C2H2.BrH.2Mg.4H/c1-2;;;;;;;/h1-2H;1H;;;;;;/q;;2*+2;4*-1. The van der Waals surface area contributed by atoms with E-state index in [9.17, 15) is 0 Å². The van der Waals surface area contributed by atoms with Gasteiger partial charge in [0, 0.05) is 0 Å². The molecule has 0 saturated carbocycles. The molecule has 0 nitrogen and oxygen atoms in total. The molecule has 0 aliphatic heterocycles. The van der Waals surface area contributed by atoms with E-state index >= 15 is 0 Å². The van der Waals surface area contributed by atoms with Crippen molar-refractivity contribution in [3.8, 4) is 12.8 Å². The molecule has 0 spiro atoms. The van der Waals surface area contributed by atoms with Crippen LogP contribution in [-0.2, 0) is 0 Å². The van der Waals surface area contributed by atoms with Crippen molar-refractivity contribution in [1.29, 1.82) is 0 Å². The molecule has 0 bridgehead atoms. The molecule has 0 aliphatic rings. The van der Waals surface area contributed by atoms with Gasteiger partial charge in [-0.3, -0.25) is 0 Å². The maximum atomic E-state index is 4.00. The van der Waals surface area contributed by atoms with Crippen LogP contribution >= 0.6 is 17.0 Å². The van der Waals surface area contributed by atoms with E-state index in [4.69, 9.17) is 0 Å². The van der Waals surface area contributed by atoms with Crippen LogP contribution in [-0.4, -0.2) is 46.1 Å². The SMILES string of the molecule is Br.C#C.[H-].[H-].[H-].[H-].[Mg+2].[Mg+2]. The number of hydrogen-bond donors (Lipinski definition) is 0. The predicted molar refractivity (Wildman–Crippen MR) is 36.2 cm³/mol. The Bertz CT molecular complexity index is 21.3. The summed E-state index contributed by atoms with van der Waals surface area (Å²) in [6, 6.07) is 0. The average Bonchev–Trinajstić information content (AvgIpc) is 1.00. The van der Waals surface area contributed by atoms with Crippen molar-refractivity contribution in [3.05, 3.63) is 0 Å². The third kappa shape index (κ3) is 28.8. The Kier molecular flexibility index (Phi) is 291. The maximum absolute atomic E-state index is 4.00. The average molecular weight is 160 g/mol. The summed E-state index contributed by atoms with van der Waals surface area (Å²) in [4.78, 5) is 0. The van der Waals surface area contributed by atoms with Gasteiger partial charge in [0.1, 0.15) is 0 Å². The molecule has 3 heteroatoms. The van der Waals surface area contributed by atoms with E-state index < -0.39 is 0 Å². The summed E-state index contributed by atoms with van der Waals surface area (Å²) in [7, 11) is 0. The fourth-order valence-corrected chi connectivity index (χ4v) is 0. The Balaban J connectivity index is -0.000000000238. The van der Waals surface area contributed by atoms with Gasteiger partial charge in [-0.1, -0.05) is 0 Å². The Morgan fingerprint density at radius 1 is 1.00 bits per heavy atom.